The van der Waals surface area contributed by atoms with Crippen molar-refractivity contribution in [3.63, 3.8) is 0 Å². The summed E-state index contributed by atoms with van der Waals surface area (Å²) >= 11 is 0. The number of aromatic nitrogens is 2. The van der Waals surface area contributed by atoms with Crippen LogP contribution in [0.4, 0.5) is 4.39 Å². The minimum atomic E-state index is -0.527. The average Bonchev–Trinajstić information content (AvgIpc) is 3.12. The standard InChI is InChI=1S/C16H13FN2O4/c1-9-7-13(10(2)22-9)16(20)21-8-14-18-15(19-23-14)11-3-5-12(17)6-4-11/h3-7H,8H2,1-2H3. The minimum Gasteiger partial charge on any atom is -0.466 e. The number of ether oxygens (including phenoxy) is 1. The molecule has 0 bridgehead atoms. The lowest BCUT2D eigenvalue weighted by molar-refractivity contribution is 0.0428. The van der Waals surface area contributed by atoms with Crippen LogP contribution in [0.1, 0.15) is 27.8 Å². The van der Waals surface area contributed by atoms with Gasteiger partial charge in [0, 0.05) is 5.56 Å². The van der Waals surface area contributed by atoms with Crippen LogP contribution in [0.25, 0.3) is 11.4 Å². The van der Waals surface area contributed by atoms with Crippen molar-refractivity contribution in [1.82, 2.24) is 10.1 Å². The van der Waals surface area contributed by atoms with Crippen molar-refractivity contribution < 1.29 is 22.9 Å². The van der Waals surface area contributed by atoms with Gasteiger partial charge >= 0.3 is 5.97 Å². The third-order valence-electron chi connectivity index (χ3n) is 3.16. The number of aryl methyl sites for hydroxylation is 2. The predicted molar refractivity (Wildman–Crippen MR) is 77.0 cm³/mol. The summed E-state index contributed by atoms with van der Waals surface area (Å²) in [6.07, 6.45) is 0. The summed E-state index contributed by atoms with van der Waals surface area (Å²) in [7, 11) is 0. The van der Waals surface area contributed by atoms with E-state index in [9.17, 15) is 9.18 Å². The summed E-state index contributed by atoms with van der Waals surface area (Å²) in [5.41, 5.74) is 0.967. The molecule has 0 aliphatic carbocycles. The Bertz CT molecular complexity index is 836. The minimum absolute atomic E-state index is 0.149. The van der Waals surface area contributed by atoms with Crippen LogP contribution in [-0.4, -0.2) is 16.1 Å². The van der Waals surface area contributed by atoms with Gasteiger partial charge in [0.05, 0.1) is 0 Å². The third kappa shape index (κ3) is 3.28. The third-order valence-corrected chi connectivity index (χ3v) is 3.16. The van der Waals surface area contributed by atoms with Crippen molar-refractivity contribution in [2.45, 2.75) is 20.5 Å². The molecule has 1 aromatic carbocycles. The average molecular weight is 316 g/mol. The van der Waals surface area contributed by atoms with Gasteiger partial charge in [-0.3, -0.25) is 0 Å². The Morgan fingerprint density at radius 1 is 1.26 bits per heavy atom. The highest BCUT2D eigenvalue weighted by atomic mass is 19.1. The van der Waals surface area contributed by atoms with E-state index >= 15 is 0 Å². The van der Waals surface area contributed by atoms with Crippen LogP contribution in [0.2, 0.25) is 0 Å². The molecule has 0 unspecified atom stereocenters. The number of furan rings is 1. The number of rotatable bonds is 4. The number of benzene rings is 1. The number of carbonyl (C=O) groups excluding carboxylic acids is 1. The number of esters is 1. The normalized spacial score (nSPS) is 10.7. The van der Waals surface area contributed by atoms with Crippen LogP contribution in [-0.2, 0) is 11.3 Å². The highest BCUT2D eigenvalue weighted by Crippen LogP contribution is 2.18. The number of hydrogen-bond donors (Lipinski definition) is 0. The van der Waals surface area contributed by atoms with Crippen LogP contribution < -0.4 is 0 Å². The molecule has 118 valence electrons. The zero-order valence-electron chi connectivity index (χ0n) is 12.5. The van der Waals surface area contributed by atoms with Crippen LogP contribution >= 0.6 is 0 Å². The SMILES string of the molecule is Cc1cc(C(=O)OCc2nc(-c3ccc(F)cc3)no2)c(C)o1. The quantitative estimate of drug-likeness (QED) is 0.686. The topological polar surface area (TPSA) is 78.4 Å². The largest absolute Gasteiger partial charge is 0.466 e. The maximum absolute atomic E-state index is 12.9. The Morgan fingerprint density at radius 2 is 2.00 bits per heavy atom. The van der Waals surface area contributed by atoms with E-state index in [1.165, 1.54) is 24.3 Å². The van der Waals surface area contributed by atoms with E-state index in [0.717, 1.165) is 0 Å². The smallest absolute Gasteiger partial charge is 0.342 e. The van der Waals surface area contributed by atoms with Crippen molar-refractivity contribution in [2.24, 2.45) is 0 Å². The first-order valence-corrected chi connectivity index (χ1v) is 6.85. The van der Waals surface area contributed by atoms with Gasteiger partial charge in [-0.1, -0.05) is 5.16 Å². The van der Waals surface area contributed by atoms with Crippen molar-refractivity contribution >= 4 is 5.97 Å². The fourth-order valence-electron chi connectivity index (χ4n) is 2.07. The van der Waals surface area contributed by atoms with Crippen LogP contribution in [0, 0.1) is 19.7 Å². The van der Waals surface area contributed by atoms with E-state index in [-0.39, 0.29) is 18.3 Å². The van der Waals surface area contributed by atoms with Crippen molar-refractivity contribution in [1.29, 1.82) is 0 Å². The van der Waals surface area contributed by atoms with Gasteiger partial charge in [-0.2, -0.15) is 4.98 Å². The van der Waals surface area contributed by atoms with E-state index in [1.54, 1.807) is 19.9 Å². The molecule has 3 aromatic rings. The molecule has 0 N–H and O–H groups in total. The summed E-state index contributed by atoms with van der Waals surface area (Å²) < 4.78 is 28.3. The van der Waals surface area contributed by atoms with E-state index in [0.29, 0.717) is 28.5 Å². The Labute approximate surface area is 130 Å². The first-order chi connectivity index (χ1) is 11.0. The van der Waals surface area contributed by atoms with E-state index in [1.807, 2.05) is 0 Å². The van der Waals surface area contributed by atoms with Gasteiger partial charge in [-0.15, -0.1) is 0 Å². The summed E-state index contributed by atoms with van der Waals surface area (Å²) in [4.78, 5) is 16.1. The molecule has 6 nitrogen and oxygen atoms in total. The van der Waals surface area contributed by atoms with Gasteiger partial charge in [-0.25, -0.2) is 9.18 Å². The van der Waals surface area contributed by atoms with Crippen LogP contribution in [0.5, 0.6) is 0 Å². The molecule has 0 saturated heterocycles. The monoisotopic (exact) mass is 316 g/mol. The number of carbonyl (C=O) groups is 1. The van der Waals surface area contributed by atoms with Gasteiger partial charge in [-0.05, 0) is 44.2 Å². The van der Waals surface area contributed by atoms with Crippen LogP contribution in [0.3, 0.4) is 0 Å². The second-order valence-corrected chi connectivity index (χ2v) is 4.92. The van der Waals surface area contributed by atoms with Crippen LogP contribution in [0.15, 0.2) is 39.3 Å². The van der Waals surface area contributed by atoms with Gasteiger partial charge < -0.3 is 13.7 Å². The van der Waals surface area contributed by atoms with Gasteiger partial charge in [0.1, 0.15) is 22.9 Å². The molecule has 0 atom stereocenters. The zero-order valence-corrected chi connectivity index (χ0v) is 12.5. The molecule has 0 spiro atoms. The molecule has 2 heterocycles. The lowest BCUT2D eigenvalue weighted by Crippen LogP contribution is -2.05. The number of hydrogen-bond acceptors (Lipinski definition) is 6. The second kappa shape index (κ2) is 6.04. The predicted octanol–water partition coefficient (Wildman–Crippen LogP) is 3.44. The Morgan fingerprint density at radius 3 is 2.65 bits per heavy atom. The van der Waals surface area contributed by atoms with E-state index < -0.39 is 5.97 Å². The summed E-state index contributed by atoms with van der Waals surface area (Å²) in [5.74, 6) is 0.691. The zero-order chi connectivity index (χ0) is 16.4. The first-order valence-electron chi connectivity index (χ1n) is 6.85. The fourth-order valence-corrected chi connectivity index (χ4v) is 2.07. The molecule has 23 heavy (non-hydrogen) atoms. The van der Waals surface area contributed by atoms with Gasteiger partial charge in [0.2, 0.25) is 5.82 Å². The highest BCUT2D eigenvalue weighted by molar-refractivity contribution is 5.90. The maximum Gasteiger partial charge on any atom is 0.342 e. The van der Waals surface area contributed by atoms with Crippen molar-refractivity contribution in [3.05, 3.63) is 59.1 Å². The molecule has 7 heteroatoms. The molecule has 0 fully saturated rings. The highest BCUT2D eigenvalue weighted by Gasteiger charge is 2.17. The van der Waals surface area contributed by atoms with E-state index in [4.69, 9.17) is 13.7 Å². The Balaban J connectivity index is 1.66. The van der Waals surface area contributed by atoms with Crippen molar-refractivity contribution in [2.75, 3.05) is 0 Å². The number of nitrogens with zero attached hydrogens (tertiary/aromatic N) is 2. The Kier molecular flexibility index (Phi) is 3.92. The summed E-state index contributed by atoms with van der Waals surface area (Å²) in [6, 6.07) is 7.28. The molecule has 0 aliphatic rings. The van der Waals surface area contributed by atoms with Gasteiger partial charge in [0.15, 0.2) is 6.61 Å². The molecule has 3 rings (SSSR count). The molecule has 0 radical (unpaired) electrons. The molecule has 0 aliphatic heterocycles. The summed E-state index contributed by atoms with van der Waals surface area (Å²) in [6.45, 7) is 3.27. The molecular weight excluding hydrogens is 303 g/mol. The van der Waals surface area contributed by atoms with Gasteiger partial charge in [0.25, 0.3) is 5.89 Å². The maximum atomic E-state index is 12.9. The molecular formula is C16H13FN2O4. The molecule has 0 saturated carbocycles. The Hall–Kier alpha value is -2.96. The lowest BCUT2D eigenvalue weighted by Gasteiger charge is -1.99. The fraction of sp³-hybridized carbons (Fsp3) is 0.188. The second-order valence-electron chi connectivity index (χ2n) is 4.92. The molecule has 2 aromatic heterocycles. The summed E-state index contributed by atoms with van der Waals surface area (Å²) in [5, 5.41) is 3.77. The number of halogens is 1. The molecule has 0 amide bonds. The van der Waals surface area contributed by atoms with E-state index in [2.05, 4.69) is 10.1 Å². The first kappa shape index (κ1) is 15.0. The van der Waals surface area contributed by atoms with Crippen molar-refractivity contribution in [3.8, 4) is 11.4 Å². The lowest BCUT2D eigenvalue weighted by atomic mass is 10.2.